The average molecular weight is 322 g/mol. The van der Waals surface area contributed by atoms with Crippen molar-refractivity contribution in [1.82, 2.24) is 0 Å². The minimum atomic E-state index is -0.505. The Balaban J connectivity index is 2.49. The number of nitrogens with one attached hydrogen (secondary N) is 1. The summed E-state index contributed by atoms with van der Waals surface area (Å²) in [4.78, 5) is 12.4. The molecule has 2 rings (SSSR count). The molecule has 98 valence electrons. The van der Waals surface area contributed by atoms with E-state index < -0.39 is 5.82 Å². The van der Waals surface area contributed by atoms with Crippen molar-refractivity contribution >= 4 is 27.4 Å². The number of hydrogen-bond donors (Lipinski definition) is 1. The van der Waals surface area contributed by atoms with Crippen molar-refractivity contribution in [2.75, 3.05) is 11.9 Å². The van der Waals surface area contributed by atoms with Crippen molar-refractivity contribution in [2.45, 2.75) is 6.92 Å². The third-order valence-corrected chi connectivity index (χ3v) is 3.21. The Labute approximate surface area is 119 Å². The van der Waals surface area contributed by atoms with Gasteiger partial charge in [0.25, 0.3) is 0 Å². The van der Waals surface area contributed by atoms with Gasteiger partial charge in [0.15, 0.2) is 5.78 Å². The molecule has 0 saturated carbocycles. The molecule has 0 aliphatic carbocycles. The van der Waals surface area contributed by atoms with Crippen LogP contribution >= 0.6 is 15.9 Å². The highest BCUT2D eigenvalue weighted by molar-refractivity contribution is 9.10. The summed E-state index contributed by atoms with van der Waals surface area (Å²) in [6.45, 7) is 2.64. The van der Waals surface area contributed by atoms with Crippen LogP contribution in [0.15, 0.2) is 46.9 Å². The van der Waals surface area contributed by atoms with Crippen molar-refractivity contribution < 1.29 is 9.18 Å². The number of anilines is 1. The van der Waals surface area contributed by atoms with Crippen LogP contribution in [0.1, 0.15) is 22.8 Å². The fraction of sp³-hybridized carbons (Fsp3) is 0.133. The summed E-state index contributed by atoms with van der Waals surface area (Å²) in [5.41, 5.74) is 1.25. The number of benzene rings is 2. The first-order valence-corrected chi connectivity index (χ1v) is 6.75. The monoisotopic (exact) mass is 321 g/mol. The Morgan fingerprint density at radius 1 is 1.21 bits per heavy atom. The first kappa shape index (κ1) is 13.7. The van der Waals surface area contributed by atoms with E-state index >= 15 is 0 Å². The predicted molar refractivity (Wildman–Crippen MR) is 78.1 cm³/mol. The van der Waals surface area contributed by atoms with Crippen LogP contribution in [0.25, 0.3) is 0 Å². The summed E-state index contributed by atoms with van der Waals surface area (Å²) >= 11 is 3.33. The first-order chi connectivity index (χ1) is 9.13. The van der Waals surface area contributed by atoms with Gasteiger partial charge in [0.05, 0.1) is 5.56 Å². The Morgan fingerprint density at radius 2 is 1.95 bits per heavy atom. The van der Waals surface area contributed by atoms with E-state index in [9.17, 15) is 9.18 Å². The molecular formula is C15H13BrFNO. The fourth-order valence-electron chi connectivity index (χ4n) is 1.84. The molecule has 4 heteroatoms. The standard InChI is InChI=1S/C15H13BrFNO/c1-2-18-14-8-7-10(16)9-12(14)15(19)11-5-3-4-6-13(11)17/h3-9,18H,2H2,1H3. The lowest BCUT2D eigenvalue weighted by Gasteiger charge is -2.11. The molecule has 2 aromatic carbocycles. The molecule has 2 aromatic rings. The predicted octanol–water partition coefficient (Wildman–Crippen LogP) is 4.25. The largest absolute Gasteiger partial charge is 0.385 e. The maximum atomic E-state index is 13.7. The second-order valence-corrected chi connectivity index (χ2v) is 4.94. The quantitative estimate of drug-likeness (QED) is 0.853. The summed E-state index contributed by atoms with van der Waals surface area (Å²) in [5.74, 6) is -0.828. The molecule has 2 nitrogen and oxygen atoms in total. The Bertz CT molecular complexity index is 613. The third kappa shape index (κ3) is 3.01. The van der Waals surface area contributed by atoms with E-state index in [-0.39, 0.29) is 11.3 Å². The van der Waals surface area contributed by atoms with E-state index in [1.165, 1.54) is 12.1 Å². The zero-order valence-corrected chi connectivity index (χ0v) is 12.0. The highest BCUT2D eigenvalue weighted by Gasteiger charge is 2.17. The minimum absolute atomic E-state index is 0.0831. The molecular weight excluding hydrogens is 309 g/mol. The van der Waals surface area contributed by atoms with Crippen molar-refractivity contribution in [2.24, 2.45) is 0 Å². The van der Waals surface area contributed by atoms with Crippen molar-refractivity contribution in [3.05, 3.63) is 63.9 Å². The molecule has 0 aliphatic rings. The summed E-state index contributed by atoms with van der Waals surface area (Å²) in [6, 6.07) is 11.4. The van der Waals surface area contributed by atoms with Gasteiger partial charge in [0, 0.05) is 22.3 Å². The lowest BCUT2D eigenvalue weighted by molar-refractivity contribution is 0.103. The smallest absolute Gasteiger partial charge is 0.198 e. The van der Waals surface area contributed by atoms with Crippen LogP contribution < -0.4 is 5.32 Å². The Morgan fingerprint density at radius 3 is 2.63 bits per heavy atom. The molecule has 0 spiro atoms. The van der Waals surface area contributed by atoms with E-state index in [2.05, 4.69) is 21.2 Å². The van der Waals surface area contributed by atoms with Crippen molar-refractivity contribution in [3.63, 3.8) is 0 Å². The van der Waals surface area contributed by atoms with Gasteiger partial charge in [0.2, 0.25) is 0 Å². The van der Waals surface area contributed by atoms with Gasteiger partial charge in [-0.1, -0.05) is 28.1 Å². The molecule has 0 atom stereocenters. The molecule has 0 bridgehead atoms. The van der Waals surface area contributed by atoms with Crippen LogP contribution in [0.4, 0.5) is 10.1 Å². The van der Waals surface area contributed by atoms with Gasteiger partial charge in [-0.05, 0) is 37.3 Å². The number of carbonyl (C=O) groups excluding carboxylic acids is 1. The van der Waals surface area contributed by atoms with Gasteiger partial charge in [0.1, 0.15) is 5.82 Å². The van der Waals surface area contributed by atoms with Crippen LogP contribution in [0, 0.1) is 5.82 Å². The second-order valence-electron chi connectivity index (χ2n) is 4.03. The van der Waals surface area contributed by atoms with E-state index in [0.717, 1.165) is 4.47 Å². The third-order valence-electron chi connectivity index (χ3n) is 2.71. The molecule has 0 aromatic heterocycles. The molecule has 0 radical (unpaired) electrons. The van der Waals surface area contributed by atoms with E-state index in [4.69, 9.17) is 0 Å². The van der Waals surface area contributed by atoms with Gasteiger partial charge in [-0.3, -0.25) is 4.79 Å². The minimum Gasteiger partial charge on any atom is -0.385 e. The van der Waals surface area contributed by atoms with E-state index in [1.54, 1.807) is 18.2 Å². The zero-order valence-electron chi connectivity index (χ0n) is 10.4. The first-order valence-electron chi connectivity index (χ1n) is 5.96. The highest BCUT2D eigenvalue weighted by Crippen LogP contribution is 2.24. The van der Waals surface area contributed by atoms with Crippen LogP contribution in [-0.4, -0.2) is 12.3 Å². The molecule has 19 heavy (non-hydrogen) atoms. The van der Waals surface area contributed by atoms with Gasteiger partial charge < -0.3 is 5.32 Å². The van der Waals surface area contributed by atoms with Crippen LogP contribution in [0.3, 0.4) is 0 Å². The van der Waals surface area contributed by atoms with Crippen molar-refractivity contribution in [1.29, 1.82) is 0 Å². The number of halogens is 2. The van der Waals surface area contributed by atoms with Crippen LogP contribution in [0.2, 0.25) is 0 Å². The van der Waals surface area contributed by atoms with Crippen molar-refractivity contribution in [3.8, 4) is 0 Å². The lowest BCUT2D eigenvalue weighted by atomic mass is 10.0. The Kier molecular flexibility index (Phi) is 4.32. The van der Waals surface area contributed by atoms with E-state index in [0.29, 0.717) is 17.8 Å². The number of carbonyl (C=O) groups is 1. The second kappa shape index (κ2) is 5.97. The summed E-state index contributed by atoms with van der Waals surface area (Å²) in [6.07, 6.45) is 0. The molecule has 0 heterocycles. The number of ketones is 1. The fourth-order valence-corrected chi connectivity index (χ4v) is 2.20. The number of hydrogen-bond acceptors (Lipinski definition) is 2. The Hall–Kier alpha value is -1.68. The molecule has 0 unspecified atom stereocenters. The summed E-state index contributed by atoms with van der Waals surface area (Å²) < 4.78 is 14.5. The molecule has 0 amide bonds. The topological polar surface area (TPSA) is 29.1 Å². The highest BCUT2D eigenvalue weighted by atomic mass is 79.9. The molecule has 0 fully saturated rings. The van der Waals surface area contributed by atoms with Gasteiger partial charge in [-0.15, -0.1) is 0 Å². The molecule has 1 N–H and O–H groups in total. The van der Waals surface area contributed by atoms with Gasteiger partial charge >= 0.3 is 0 Å². The average Bonchev–Trinajstić information content (AvgIpc) is 2.41. The maximum Gasteiger partial charge on any atom is 0.198 e. The van der Waals surface area contributed by atoms with Gasteiger partial charge in [-0.2, -0.15) is 0 Å². The lowest BCUT2D eigenvalue weighted by Crippen LogP contribution is -2.09. The zero-order chi connectivity index (χ0) is 13.8. The molecule has 0 saturated heterocycles. The summed E-state index contributed by atoms with van der Waals surface area (Å²) in [5, 5.41) is 3.11. The van der Waals surface area contributed by atoms with Gasteiger partial charge in [-0.25, -0.2) is 4.39 Å². The normalized spacial score (nSPS) is 10.3. The van der Waals surface area contributed by atoms with E-state index in [1.807, 2.05) is 19.1 Å². The van der Waals surface area contributed by atoms with Crippen LogP contribution in [0.5, 0.6) is 0 Å². The molecule has 0 aliphatic heterocycles. The van der Waals surface area contributed by atoms with Crippen LogP contribution in [-0.2, 0) is 0 Å². The summed E-state index contributed by atoms with van der Waals surface area (Å²) in [7, 11) is 0. The maximum absolute atomic E-state index is 13.7. The SMILES string of the molecule is CCNc1ccc(Br)cc1C(=O)c1ccccc1F. The number of rotatable bonds is 4.